The maximum absolute atomic E-state index is 14.3. The van der Waals surface area contributed by atoms with Crippen LogP contribution in [0.3, 0.4) is 0 Å². The number of carbonyl (C=O) groups excluding carboxylic acids is 9. The Morgan fingerprint density at radius 2 is 0.716 bits per heavy atom. The SMILES string of the molecule is CCCCCCCCCC(=O)N[C@H](CCN)C(=O)N[C@@H](CCN)C(=O)N[C@@H](CCN)C(=O)N[C@@H](CC(C)C)C(=O)N[C@H](Cc1ccccc1)C(=O)N[C@@H](CCN)C(=O)N[C@@H](CCN)C(=O)N[C@@H](CC(C)C)C(N)=O. The van der Waals surface area contributed by atoms with Crippen molar-refractivity contribution in [2.75, 3.05) is 32.7 Å². The molecule has 0 aliphatic carbocycles. The van der Waals surface area contributed by atoms with Gasteiger partial charge in [0.1, 0.15) is 48.3 Å². The van der Waals surface area contributed by atoms with E-state index in [-0.39, 0.29) is 108 Å². The number of nitrogens with one attached hydrogen (secondary N) is 8. The number of nitrogens with two attached hydrogens (primary N) is 6. The number of rotatable bonds is 40. The molecule has 0 radical (unpaired) electrons. The molecular weight excluding hydrogens is 953 g/mol. The van der Waals surface area contributed by atoms with Gasteiger partial charge in [0.25, 0.3) is 0 Å². The van der Waals surface area contributed by atoms with E-state index in [1.807, 2.05) is 27.7 Å². The van der Waals surface area contributed by atoms with E-state index >= 15 is 0 Å². The fourth-order valence-corrected chi connectivity index (χ4v) is 8.07. The lowest BCUT2D eigenvalue weighted by atomic mass is 10.00. The zero-order valence-electron chi connectivity index (χ0n) is 44.6. The number of carbonyl (C=O) groups is 9. The van der Waals surface area contributed by atoms with Crippen LogP contribution in [-0.2, 0) is 49.6 Å². The summed E-state index contributed by atoms with van der Waals surface area (Å²) in [4.78, 5) is 122. The Hall–Kier alpha value is -5.75. The molecule has 0 aliphatic rings. The molecule has 23 heteroatoms. The number of benzene rings is 1. The molecule has 0 spiro atoms. The van der Waals surface area contributed by atoms with Crippen molar-refractivity contribution in [3.63, 3.8) is 0 Å². The van der Waals surface area contributed by atoms with Gasteiger partial charge in [-0.2, -0.15) is 0 Å². The Labute approximate surface area is 438 Å². The smallest absolute Gasteiger partial charge is 0.243 e. The highest BCUT2D eigenvalue weighted by Gasteiger charge is 2.35. The molecule has 0 aromatic heterocycles. The van der Waals surface area contributed by atoms with E-state index < -0.39 is 95.6 Å². The van der Waals surface area contributed by atoms with Crippen LogP contribution in [0.5, 0.6) is 0 Å². The predicted octanol–water partition coefficient (Wildman–Crippen LogP) is -1.43. The largest absolute Gasteiger partial charge is 0.368 e. The van der Waals surface area contributed by atoms with Crippen molar-refractivity contribution in [1.82, 2.24) is 42.5 Å². The van der Waals surface area contributed by atoms with Gasteiger partial charge in [-0.15, -0.1) is 0 Å². The number of amides is 9. The van der Waals surface area contributed by atoms with Gasteiger partial charge in [0.2, 0.25) is 53.2 Å². The number of primary amides is 1. The van der Waals surface area contributed by atoms with Crippen LogP contribution in [0.4, 0.5) is 0 Å². The van der Waals surface area contributed by atoms with Crippen molar-refractivity contribution in [2.24, 2.45) is 46.2 Å². The van der Waals surface area contributed by atoms with Crippen molar-refractivity contribution < 1.29 is 43.2 Å². The molecular formula is C51H92N14O9. The molecule has 0 saturated heterocycles. The molecule has 1 rings (SSSR count). The van der Waals surface area contributed by atoms with Crippen molar-refractivity contribution in [3.05, 3.63) is 35.9 Å². The van der Waals surface area contributed by atoms with Crippen LogP contribution in [0, 0.1) is 11.8 Å². The lowest BCUT2D eigenvalue weighted by Gasteiger charge is -2.28. The third-order valence-corrected chi connectivity index (χ3v) is 12.1. The average Bonchev–Trinajstić information content (AvgIpc) is 3.34. The van der Waals surface area contributed by atoms with Crippen LogP contribution in [0.15, 0.2) is 30.3 Å². The van der Waals surface area contributed by atoms with Crippen molar-refractivity contribution in [3.8, 4) is 0 Å². The summed E-state index contributed by atoms with van der Waals surface area (Å²) in [6.45, 7) is 9.42. The van der Waals surface area contributed by atoms with Gasteiger partial charge in [-0.1, -0.05) is 103 Å². The molecule has 0 saturated carbocycles. The Balaban J connectivity index is 3.32. The minimum Gasteiger partial charge on any atom is -0.368 e. The Morgan fingerprint density at radius 3 is 1.09 bits per heavy atom. The monoisotopic (exact) mass is 1040 g/mol. The molecule has 74 heavy (non-hydrogen) atoms. The van der Waals surface area contributed by atoms with E-state index in [0.717, 1.165) is 32.1 Å². The highest BCUT2D eigenvalue weighted by molar-refractivity contribution is 5.98. The predicted molar refractivity (Wildman–Crippen MR) is 285 cm³/mol. The second-order valence-electron chi connectivity index (χ2n) is 19.7. The quantitative estimate of drug-likeness (QED) is 0.0336. The third kappa shape index (κ3) is 27.0. The first-order valence-corrected chi connectivity index (χ1v) is 26.5. The summed E-state index contributed by atoms with van der Waals surface area (Å²) in [5.74, 6) is -6.40. The summed E-state index contributed by atoms with van der Waals surface area (Å²) in [6.07, 6.45) is 7.61. The second-order valence-corrected chi connectivity index (χ2v) is 19.7. The normalized spacial score (nSPS) is 14.5. The van der Waals surface area contributed by atoms with E-state index in [1.165, 1.54) is 6.42 Å². The molecule has 0 fully saturated rings. The summed E-state index contributed by atoms with van der Waals surface area (Å²) in [7, 11) is 0. The van der Waals surface area contributed by atoms with Gasteiger partial charge >= 0.3 is 0 Å². The van der Waals surface area contributed by atoms with Gasteiger partial charge in [-0.05, 0) is 101 Å². The first-order valence-electron chi connectivity index (χ1n) is 26.5. The molecule has 8 atom stereocenters. The van der Waals surface area contributed by atoms with Gasteiger partial charge in [0, 0.05) is 12.8 Å². The highest BCUT2D eigenvalue weighted by atomic mass is 16.2. The van der Waals surface area contributed by atoms with Gasteiger partial charge in [0.15, 0.2) is 0 Å². The highest BCUT2D eigenvalue weighted by Crippen LogP contribution is 2.12. The van der Waals surface area contributed by atoms with Crippen molar-refractivity contribution >= 4 is 53.2 Å². The van der Waals surface area contributed by atoms with E-state index in [1.54, 1.807) is 30.3 Å². The molecule has 420 valence electrons. The van der Waals surface area contributed by atoms with Crippen LogP contribution in [0.2, 0.25) is 0 Å². The summed E-state index contributed by atoms with van der Waals surface area (Å²) >= 11 is 0. The molecule has 0 heterocycles. The third-order valence-electron chi connectivity index (χ3n) is 12.1. The number of hydrogen-bond acceptors (Lipinski definition) is 14. The second kappa shape index (κ2) is 37.9. The molecule has 0 aliphatic heterocycles. The molecule has 0 unspecified atom stereocenters. The number of unbranched alkanes of at least 4 members (excludes halogenated alkanes) is 6. The summed E-state index contributed by atoms with van der Waals surface area (Å²) < 4.78 is 0. The summed E-state index contributed by atoms with van der Waals surface area (Å²) in [6, 6.07) is -0.824. The lowest BCUT2D eigenvalue weighted by Crippen LogP contribution is -2.61. The molecule has 1 aromatic carbocycles. The van der Waals surface area contributed by atoms with Crippen LogP contribution in [0.1, 0.15) is 136 Å². The van der Waals surface area contributed by atoms with Gasteiger partial charge in [-0.3, -0.25) is 43.2 Å². The molecule has 1 aromatic rings. The Bertz CT molecular complexity index is 1880. The average molecular weight is 1050 g/mol. The van der Waals surface area contributed by atoms with Crippen LogP contribution in [0.25, 0.3) is 0 Å². The zero-order valence-corrected chi connectivity index (χ0v) is 44.6. The maximum atomic E-state index is 14.3. The molecule has 23 nitrogen and oxygen atoms in total. The summed E-state index contributed by atoms with van der Waals surface area (Å²) in [5.41, 5.74) is 35.4. The lowest BCUT2D eigenvalue weighted by molar-refractivity contribution is -0.136. The fraction of sp³-hybridized carbons (Fsp3) is 0.706. The van der Waals surface area contributed by atoms with Gasteiger partial charge in [-0.25, -0.2) is 0 Å². The minimum absolute atomic E-state index is 0.0111. The molecule has 0 bridgehead atoms. The first-order chi connectivity index (χ1) is 35.2. The maximum Gasteiger partial charge on any atom is 0.243 e. The topological polar surface area (TPSA) is 406 Å². The van der Waals surface area contributed by atoms with E-state index in [0.29, 0.717) is 12.0 Å². The Morgan fingerprint density at radius 1 is 0.405 bits per heavy atom. The summed E-state index contributed by atoms with van der Waals surface area (Å²) in [5, 5.41) is 21.4. The van der Waals surface area contributed by atoms with Crippen LogP contribution >= 0.6 is 0 Å². The fourth-order valence-electron chi connectivity index (χ4n) is 8.07. The molecule has 20 N–H and O–H groups in total. The van der Waals surface area contributed by atoms with E-state index in [2.05, 4.69) is 49.5 Å². The van der Waals surface area contributed by atoms with Crippen LogP contribution in [-0.4, -0.2) is 134 Å². The number of hydrogen-bond donors (Lipinski definition) is 14. The van der Waals surface area contributed by atoms with E-state index in [4.69, 9.17) is 34.4 Å². The zero-order chi connectivity index (χ0) is 55.6. The Kier molecular flexibility index (Phi) is 33.9. The van der Waals surface area contributed by atoms with E-state index in [9.17, 15) is 43.2 Å². The van der Waals surface area contributed by atoms with Gasteiger partial charge in [0.05, 0.1) is 0 Å². The molecule has 9 amide bonds. The standard InChI is InChI=1S/C51H92N14O9/c1-6-7-8-9-10-11-15-18-43(66)58-35(19-24-52)45(68)59-36(20-25-53)46(69)61-39(23-28-56)49(72)64-41(30-33(4)5)50(73)65-42(31-34-16-13-12-14-17-34)51(74)62-37(21-26-54)47(70)60-38(22-27-55)48(71)63-40(44(57)67)29-32(2)3/h12-14,16-17,32-33,35-42H,6-11,15,18-31,52-56H2,1-5H3,(H2,57,67)(H,58,66)(H,59,68)(H,60,70)(H,61,69)(H,62,74)(H,63,71)(H,64,72)(H,65,73)/t35-,36+,37+,38+,39+,40+,41+,42-/m1/s1. The van der Waals surface area contributed by atoms with Crippen molar-refractivity contribution in [1.29, 1.82) is 0 Å². The first kappa shape index (κ1) is 66.3. The minimum atomic E-state index is -1.31. The van der Waals surface area contributed by atoms with Crippen LogP contribution < -0.4 is 76.9 Å². The van der Waals surface area contributed by atoms with Gasteiger partial charge < -0.3 is 76.9 Å². The van der Waals surface area contributed by atoms with Crippen molar-refractivity contribution in [2.45, 2.75) is 186 Å².